The van der Waals surface area contributed by atoms with Crippen LogP contribution in [-0.4, -0.2) is 23.2 Å². The highest BCUT2D eigenvalue weighted by Crippen LogP contribution is 2.29. The van der Waals surface area contributed by atoms with Crippen molar-refractivity contribution >= 4 is 10.9 Å². The van der Waals surface area contributed by atoms with Crippen molar-refractivity contribution in [2.75, 3.05) is 13.1 Å². The number of fused-ring (bicyclic) bond motifs is 1. The molecule has 2 rings (SSSR count). The van der Waals surface area contributed by atoms with Gasteiger partial charge in [-0.25, -0.2) is 0 Å². The second kappa shape index (κ2) is 5.46. The van der Waals surface area contributed by atoms with Crippen LogP contribution in [0.2, 0.25) is 0 Å². The van der Waals surface area contributed by atoms with Crippen molar-refractivity contribution in [2.45, 2.75) is 25.9 Å². The number of aliphatic hydroxyl groups is 1. The molecule has 1 heterocycles. The summed E-state index contributed by atoms with van der Waals surface area (Å²) in [5.41, 5.74) is 0.941. The molecule has 0 fully saturated rings. The molecule has 0 aliphatic rings. The van der Waals surface area contributed by atoms with Crippen molar-refractivity contribution < 1.29 is 5.11 Å². The Morgan fingerprint density at radius 2 is 2.06 bits per heavy atom. The van der Waals surface area contributed by atoms with Crippen LogP contribution >= 0.6 is 0 Å². The normalized spacial score (nSPS) is 14.6. The Morgan fingerprint density at radius 3 is 2.83 bits per heavy atom. The Balaban J connectivity index is 2.34. The smallest absolute Gasteiger partial charge is 0.0901 e. The largest absolute Gasteiger partial charge is 0.385 e. The predicted molar refractivity (Wildman–Crippen MR) is 74.5 cm³/mol. The highest BCUT2D eigenvalue weighted by atomic mass is 16.3. The zero-order valence-corrected chi connectivity index (χ0v) is 11.0. The number of hydrogen-bond acceptors (Lipinski definition) is 3. The Morgan fingerprint density at radius 1 is 1.28 bits per heavy atom. The van der Waals surface area contributed by atoms with Crippen LogP contribution in [-0.2, 0) is 5.60 Å². The standard InChI is InChI=1S/C15H20N2O/c1-3-16-11-9-15(2,18)13-8-4-6-12-7-5-10-17-14(12)13/h4-8,10,16,18H,3,9,11H2,1-2H3. The molecule has 0 aliphatic heterocycles. The number of benzene rings is 1. The summed E-state index contributed by atoms with van der Waals surface area (Å²) in [6, 6.07) is 9.89. The third-order valence-corrected chi connectivity index (χ3v) is 3.25. The molecule has 2 aromatic rings. The fraction of sp³-hybridized carbons (Fsp3) is 0.400. The second-order valence-corrected chi connectivity index (χ2v) is 4.76. The number of rotatable bonds is 5. The van der Waals surface area contributed by atoms with Crippen LogP contribution in [0, 0.1) is 0 Å². The van der Waals surface area contributed by atoms with Crippen LogP contribution in [0.15, 0.2) is 36.5 Å². The minimum Gasteiger partial charge on any atom is -0.385 e. The van der Waals surface area contributed by atoms with Crippen molar-refractivity contribution in [2.24, 2.45) is 0 Å². The molecule has 0 spiro atoms. The number of para-hydroxylation sites is 1. The Kier molecular flexibility index (Phi) is 3.94. The van der Waals surface area contributed by atoms with Gasteiger partial charge in [0, 0.05) is 17.1 Å². The van der Waals surface area contributed by atoms with Crippen LogP contribution in [0.4, 0.5) is 0 Å². The minimum absolute atomic E-state index is 0.677. The molecule has 1 aromatic heterocycles. The zero-order chi connectivity index (χ0) is 13.0. The maximum atomic E-state index is 10.6. The molecule has 3 heteroatoms. The lowest BCUT2D eigenvalue weighted by atomic mass is 9.90. The average Bonchev–Trinajstić information content (AvgIpc) is 2.38. The van der Waals surface area contributed by atoms with E-state index in [2.05, 4.69) is 17.2 Å². The summed E-state index contributed by atoms with van der Waals surface area (Å²) in [4.78, 5) is 4.40. The molecule has 0 saturated heterocycles. The number of hydrogen-bond donors (Lipinski definition) is 2. The summed E-state index contributed by atoms with van der Waals surface area (Å²) >= 11 is 0. The number of nitrogens with one attached hydrogen (secondary N) is 1. The summed E-state index contributed by atoms with van der Waals surface area (Å²) in [7, 11) is 0. The topological polar surface area (TPSA) is 45.1 Å². The van der Waals surface area contributed by atoms with Gasteiger partial charge in [-0.05, 0) is 32.5 Å². The molecule has 18 heavy (non-hydrogen) atoms. The van der Waals surface area contributed by atoms with Crippen molar-refractivity contribution in [1.82, 2.24) is 10.3 Å². The molecule has 96 valence electrons. The van der Waals surface area contributed by atoms with Crippen LogP contribution < -0.4 is 5.32 Å². The number of nitrogens with zero attached hydrogens (tertiary/aromatic N) is 1. The number of aromatic nitrogens is 1. The molecule has 0 bridgehead atoms. The summed E-state index contributed by atoms with van der Waals surface area (Å²) in [5.74, 6) is 0. The van der Waals surface area contributed by atoms with Gasteiger partial charge in [0.2, 0.25) is 0 Å². The van der Waals surface area contributed by atoms with E-state index in [9.17, 15) is 5.11 Å². The van der Waals surface area contributed by atoms with Crippen molar-refractivity contribution in [3.8, 4) is 0 Å². The van der Waals surface area contributed by atoms with Crippen molar-refractivity contribution in [3.05, 3.63) is 42.1 Å². The molecule has 0 radical (unpaired) electrons. The molecule has 0 aliphatic carbocycles. The van der Waals surface area contributed by atoms with Gasteiger partial charge in [-0.2, -0.15) is 0 Å². The summed E-state index contributed by atoms with van der Waals surface area (Å²) in [6.45, 7) is 5.64. The van der Waals surface area contributed by atoms with Crippen molar-refractivity contribution in [3.63, 3.8) is 0 Å². The van der Waals surface area contributed by atoms with Gasteiger partial charge in [0.1, 0.15) is 0 Å². The quantitative estimate of drug-likeness (QED) is 0.794. The fourth-order valence-corrected chi connectivity index (χ4v) is 2.18. The first-order chi connectivity index (χ1) is 8.65. The first kappa shape index (κ1) is 13.0. The summed E-state index contributed by atoms with van der Waals surface area (Å²) in [5, 5.41) is 14.9. The van der Waals surface area contributed by atoms with Gasteiger partial charge in [-0.1, -0.05) is 31.2 Å². The Hall–Kier alpha value is -1.45. The monoisotopic (exact) mass is 244 g/mol. The van der Waals surface area contributed by atoms with E-state index >= 15 is 0 Å². The van der Waals surface area contributed by atoms with E-state index in [4.69, 9.17) is 0 Å². The Labute approximate surface area is 108 Å². The third kappa shape index (κ3) is 2.68. The SMILES string of the molecule is CCNCCC(C)(O)c1cccc2cccnc12. The molecule has 1 unspecified atom stereocenters. The van der Waals surface area contributed by atoms with E-state index < -0.39 is 5.60 Å². The molecular weight excluding hydrogens is 224 g/mol. The van der Waals surface area contributed by atoms with E-state index in [1.807, 2.05) is 37.3 Å². The first-order valence-electron chi connectivity index (χ1n) is 6.42. The van der Waals surface area contributed by atoms with Crippen LogP contribution in [0.3, 0.4) is 0 Å². The molecule has 3 nitrogen and oxygen atoms in total. The fourth-order valence-electron chi connectivity index (χ4n) is 2.18. The van der Waals surface area contributed by atoms with Crippen molar-refractivity contribution in [1.29, 1.82) is 0 Å². The lowest BCUT2D eigenvalue weighted by Crippen LogP contribution is -2.28. The zero-order valence-electron chi connectivity index (χ0n) is 11.0. The lowest BCUT2D eigenvalue weighted by molar-refractivity contribution is 0.0495. The van der Waals surface area contributed by atoms with E-state index in [0.29, 0.717) is 6.42 Å². The van der Waals surface area contributed by atoms with Crippen LogP contribution in [0.5, 0.6) is 0 Å². The van der Waals surface area contributed by atoms with Gasteiger partial charge in [-0.3, -0.25) is 4.98 Å². The summed E-state index contributed by atoms with van der Waals surface area (Å²) in [6.07, 6.45) is 2.45. The molecule has 1 aromatic carbocycles. The van der Waals surface area contributed by atoms with Gasteiger partial charge in [0.05, 0.1) is 11.1 Å². The molecule has 0 amide bonds. The maximum absolute atomic E-state index is 10.6. The van der Waals surface area contributed by atoms with E-state index in [-0.39, 0.29) is 0 Å². The van der Waals surface area contributed by atoms with Gasteiger partial charge < -0.3 is 10.4 Å². The molecule has 2 N–H and O–H groups in total. The molecule has 0 saturated carbocycles. The Bertz CT molecular complexity index is 517. The van der Waals surface area contributed by atoms with Gasteiger partial charge in [0.25, 0.3) is 0 Å². The van der Waals surface area contributed by atoms with Gasteiger partial charge in [-0.15, -0.1) is 0 Å². The molecule has 1 atom stereocenters. The van der Waals surface area contributed by atoms with E-state index in [1.54, 1.807) is 6.20 Å². The predicted octanol–water partition coefficient (Wildman–Crippen LogP) is 2.44. The maximum Gasteiger partial charge on any atom is 0.0901 e. The van der Waals surface area contributed by atoms with Gasteiger partial charge in [0.15, 0.2) is 0 Å². The van der Waals surface area contributed by atoms with Crippen LogP contribution in [0.1, 0.15) is 25.8 Å². The lowest BCUT2D eigenvalue weighted by Gasteiger charge is -2.25. The number of pyridine rings is 1. The highest BCUT2D eigenvalue weighted by molar-refractivity contribution is 5.82. The molecular formula is C15H20N2O. The van der Waals surface area contributed by atoms with Gasteiger partial charge >= 0.3 is 0 Å². The third-order valence-electron chi connectivity index (χ3n) is 3.25. The second-order valence-electron chi connectivity index (χ2n) is 4.76. The van der Waals surface area contributed by atoms with Crippen LogP contribution in [0.25, 0.3) is 10.9 Å². The highest BCUT2D eigenvalue weighted by Gasteiger charge is 2.24. The van der Waals surface area contributed by atoms with E-state index in [1.165, 1.54) is 0 Å². The summed E-state index contributed by atoms with van der Waals surface area (Å²) < 4.78 is 0. The minimum atomic E-state index is -0.851. The average molecular weight is 244 g/mol. The van der Waals surface area contributed by atoms with E-state index in [0.717, 1.165) is 29.6 Å². The first-order valence-corrected chi connectivity index (χ1v) is 6.42.